The van der Waals surface area contributed by atoms with Crippen molar-refractivity contribution >= 4 is 5.97 Å². The minimum atomic E-state index is -1.23. The van der Waals surface area contributed by atoms with Gasteiger partial charge in [-0.2, -0.15) is 0 Å². The maximum absolute atomic E-state index is 9.45. The number of carboxylic acid groups (broad SMARTS) is 1. The molecule has 0 amide bonds. The van der Waals surface area contributed by atoms with Crippen LogP contribution in [-0.4, -0.2) is 35.6 Å². The van der Waals surface area contributed by atoms with Crippen LogP contribution in [0.2, 0.25) is 0 Å². The van der Waals surface area contributed by atoms with Crippen molar-refractivity contribution in [1.82, 2.24) is 0 Å². The standard InChI is InChI=1S/C3H9NO.C3H6O3/c1-3(4)5-2;1-2(4)3(5)6/h3H,4H2,1-2H3;2,4H,1H3,(H,5,6). The summed E-state index contributed by atoms with van der Waals surface area (Å²) in [4.78, 5) is 9.45. The SMILES string of the molecule is CC(O)C(=O)O.COC(C)N. The summed E-state index contributed by atoms with van der Waals surface area (Å²) in [5.74, 6) is -1.19. The van der Waals surface area contributed by atoms with E-state index in [-0.39, 0.29) is 6.23 Å². The smallest absolute Gasteiger partial charge is 0.332 e. The Labute approximate surface area is 65.8 Å². The topological polar surface area (TPSA) is 92.8 Å². The van der Waals surface area contributed by atoms with Gasteiger partial charge in [-0.15, -0.1) is 0 Å². The summed E-state index contributed by atoms with van der Waals surface area (Å²) in [6, 6.07) is 0. The van der Waals surface area contributed by atoms with Gasteiger partial charge in [0.15, 0.2) is 0 Å². The van der Waals surface area contributed by atoms with Gasteiger partial charge < -0.3 is 20.7 Å². The van der Waals surface area contributed by atoms with Crippen molar-refractivity contribution in [2.45, 2.75) is 26.2 Å². The highest BCUT2D eigenvalue weighted by atomic mass is 16.5. The maximum Gasteiger partial charge on any atom is 0.332 e. The lowest BCUT2D eigenvalue weighted by Gasteiger charge is -1.95. The molecule has 4 N–H and O–H groups in total. The van der Waals surface area contributed by atoms with Crippen LogP contribution in [0, 0.1) is 0 Å². The van der Waals surface area contributed by atoms with Crippen LogP contribution in [0.3, 0.4) is 0 Å². The highest BCUT2D eigenvalue weighted by molar-refractivity contribution is 5.71. The molecule has 0 spiro atoms. The first-order valence-electron chi connectivity index (χ1n) is 3.11. The van der Waals surface area contributed by atoms with Gasteiger partial charge in [0.2, 0.25) is 0 Å². The summed E-state index contributed by atoms with van der Waals surface area (Å²) in [7, 11) is 1.57. The quantitative estimate of drug-likeness (QED) is 0.474. The van der Waals surface area contributed by atoms with E-state index >= 15 is 0 Å². The third kappa shape index (κ3) is 17.6. The van der Waals surface area contributed by atoms with Gasteiger partial charge in [0, 0.05) is 7.11 Å². The third-order valence-electron chi connectivity index (χ3n) is 0.729. The molecule has 0 aliphatic rings. The fourth-order valence-electron chi connectivity index (χ4n) is 0. The largest absolute Gasteiger partial charge is 0.479 e. The van der Waals surface area contributed by atoms with E-state index in [0.717, 1.165) is 0 Å². The number of aliphatic hydroxyl groups is 1. The molecule has 5 heteroatoms. The summed E-state index contributed by atoms with van der Waals surface area (Å²) in [5.41, 5.74) is 5.07. The van der Waals surface area contributed by atoms with Crippen molar-refractivity contribution in [3.05, 3.63) is 0 Å². The molecular formula is C6H15NO4. The molecular weight excluding hydrogens is 150 g/mol. The van der Waals surface area contributed by atoms with Crippen LogP contribution in [0.1, 0.15) is 13.8 Å². The van der Waals surface area contributed by atoms with Crippen LogP contribution >= 0.6 is 0 Å². The Morgan fingerprint density at radius 3 is 1.73 bits per heavy atom. The summed E-state index contributed by atoms with van der Waals surface area (Å²) in [5, 5.41) is 15.8. The lowest BCUT2D eigenvalue weighted by molar-refractivity contribution is -0.145. The van der Waals surface area contributed by atoms with Crippen LogP contribution in [0.15, 0.2) is 0 Å². The predicted molar refractivity (Wildman–Crippen MR) is 40.0 cm³/mol. The predicted octanol–water partition coefficient (Wildman–Crippen LogP) is -0.611. The van der Waals surface area contributed by atoms with Gasteiger partial charge in [0.25, 0.3) is 0 Å². The molecule has 0 fully saturated rings. The molecule has 0 rings (SSSR count). The number of carboxylic acids is 1. The van der Waals surface area contributed by atoms with E-state index in [1.807, 2.05) is 0 Å². The molecule has 2 unspecified atom stereocenters. The van der Waals surface area contributed by atoms with Gasteiger partial charge in [0.1, 0.15) is 12.3 Å². The van der Waals surface area contributed by atoms with Gasteiger partial charge >= 0.3 is 5.97 Å². The highest BCUT2D eigenvalue weighted by Crippen LogP contribution is 1.73. The zero-order chi connectivity index (χ0) is 9.44. The van der Waals surface area contributed by atoms with E-state index < -0.39 is 12.1 Å². The first-order valence-corrected chi connectivity index (χ1v) is 3.11. The van der Waals surface area contributed by atoms with Crippen molar-refractivity contribution in [2.24, 2.45) is 5.73 Å². The minimum absolute atomic E-state index is 0.116. The molecule has 2 atom stereocenters. The number of aliphatic carboxylic acids is 1. The van der Waals surface area contributed by atoms with E-state index in [1.165, 1.54) is 6.92 Å². The Balaban J connectivity index is 0. The van der Waals surface area contributed by atoms with Gasteiger partial charge in [0.05, 0.1) is 0 Å². The lowest BCUT2D eigenvalue weighted by atomic mass is 10.4. The molecule has 0 aromatic carbocycles. The molecule has 0 aromatic heterocycles. The van der Waals surface area contributed by atoms with Gasteiger partial charge in [-0.25, -0.2) is 4.79 Å². The fourth-order valence-corrected chi connectivity index (χ4v) is 0. The molecule has 0 aliphatic carbocycles. The molecule has 0 heterocycles. The van der Waals surface area contributed by atoms with Gasteiger partial charge in [-0.05, 0) is 13.8 Å². The number of ether oxygens (including phenoxy) is 1. The van der Waals surface area contributed by atoms with E-state index in [2.05, 4.69) is 4.74 Å². The number of hydrogen-bond acceptors (Lipinski definition) is 4. The number of rotatable bonds is 2. The van der Waals surface area contributed by atoms with Crippen LogP contribution in [-0.2, 0) is 9.53 Å². The van der Waals surface area contributed by atoms with Crippen LogP contribution in [0.4, 0.5) is 0 Å². The second kappa shape index (κ2) is 7.46. The Kier molecular flexibility index (Phi) is 8.80. The Bertz CT molecular complexity index is 103. The Morgan fingerprint density at radius 1 is 1.55 bits per heavy atom. The van der Waals surface area contributed by atoms with Gasteiger partial charge in [-0.1, -0.05) is 0 Å². The van der Waals surface area contributed by atoms with E-state index in [1.54, 1.807) is 14.0 Å². The molecule has 5 nitrogen and oxygen atoms in total. The first kappa shape index (κ1) is 13.0. The molecule has 0 bridgehead atoms. The van der Waals surface area contributed by atoms with Crippen molar-refractivity contribution in [3.63, 3.8) is 0 Å². The molecule has 0 aromatic rings. The van der Waals surface area contributed by atoms with Crippen molar-refractivity contribution in [3.8, 4) is 0 Å². The molecule has 0 saturated heterocycles. The van der Waals surface area contributed by atoms with Crippen LogP contribution < -0.4 is 5.73 Å². The van der Waals surface area contributed by atoms with E-state index in [0.29, 0.717) is 0 Å². The average Bonchev–Trinajstić information content (AvgIpc) is 1.89. The van der Waals surface area contributed by atoms with Gasteiger partial charge in [-0.3, -0.25) is 0 Å². The minimum Gasteiger partial charge on any atom is -0.479 e. The van der Waals surface area contributed by atoms with E-state index in [9.17, 15) is 4.79 Å². The zero-order valence-corrected chi connectivity index (χ0v) is 6.94. The zero-order valence-electron chi connectivity index (χ0n) is 6.94. The molecule has 68 valence electrons. The lowest BCUT2D eigenvalue weighted by Crippen LogP contribution is -2.15. The Hall–Kier alpha value is -0.650. The van der Waals surface area contributed by atoms with E-state index in [4.69, 9.17) is 15.9 Å². The van der Waals surface area contributed by atoms with Crippen LogP contribution in [0.25, 0.3) is 0 Å². The molecule has 0 radical (unpaired) electrons. The number of aliphatic hydroxyl groups excluding tert-OH is 1. The molecule has 0 saturated carbocycles. The van der Waals surface area contributed by atoms with Crippen molar-refractivity contribution in [2.75, 3.05) is 7.11 Å². The fraction of sp³-hybridized carbons (Fsp3) is 0.833. The summed E-state index contributed by atoms with van der Waals surface area (Å²) in [6.45, 7) is 2.97. The number of nitrogens with two attached hydrogens (primary N) is 1. The summed E-state index contributed by atoms with van der Waals surface area (Å²) in [6.07, 6.45) is -1.35. The second-order valence-electron chi connectivity index (χ2n) is 1.96. The number of methoxy groups -OCH3 is 1. The van der Waals surface area contributed by atoms with Crippen molar-refractivity contribution < 1.29 is 19.7 Å². The van der Waals surface area contributed by atoms with Crippen LogP contribution in [0.5, 0.6) is 0 Å². The summed E-state index contributed by atoms with van der Waals surface area (Å²) < 4.78 is 4.53. The second-order valence-corrected chi connectivity index (χ2v) is 1.96. The number of hydrogen-bond donors (Lipinski definition) is 3. The Morgan fingerprint density at radius 2 is 1.73 bits per heavy atom. The highest BCUT2D eigenvalue weighted by Gasteiger charge is 2.01. The monoisotopic (exact) mass is 165 g/mol. The first-order chi connectivity index (χ1) is 4.91. The average molecular weight is 165 g/mol. The molecule has 0 aliphatic heterocycles. The summed E-state index contributed by atoms with van der Waals surface area (Å²) >= 11 is 0. The molecule has 11 heavy (non-hydrogen) atoms. The maximum atomic E-state index is 9.45. The number of carbonyl (C=O) groups is 1. The third-order valence-corrected chi connectivity index (χ3v) is 0.729. The normalized spacial score (nSPS) is 14.3. The van der Waals surface area contributed by atoms with Crippen molar-refractivity contribution in [1.29, 1.82) is 0 Å².